The minimum atomic E-state index is -4.39. The van der Waals surface area contributed by atoms with Gasteiger partial charge in [-0.3, -0.25) is 14.2 Å². The van der Waals surface area contributed by atoms with Crippen molar-refractivity contribution in [3.8, 4) is 22.6 Å². The molecule has 2 atom stereocenters. The topological polar surface area (TPSA) is 124 Å². The number of ketones is 1. The summed E-state index contributed by atoms with van der Waals surface area (Å²) in [5, 5.41) is 10.9. The van der Waals surface area contributed by atoms with E-state index < -0.39 is 43.7 Å². The largest absolute Gasteiger partial charge is 0.508 e. The second kappa shape index (κ2) is 10.5. The molecule has 1 heterocycles. The van der Waals surface area contributed by atoms with Gasteiger partial charge in [0.1, 0.15) is 29.8 Å². The molecule has 1 aliphatic heterocycles. The number of aromatic hydroxyl groups is 1. The first-order valence-corrected chi connectivity index (χ1v) is 13.5. The fourth-order valence-electron chi connectivity index (χ4n) is 4.59. The number of amides is 1. The number of carbonyl (C=O) groups is 2. The van der Waals surface area contributed by atoms with Crippen LogP contribution in [0.2, 0.25) is 0 Å². The number of hydrogen-bond donors (Lipinski definition) is 3. The summed E-state index contributed by atoms with van der Waals surface area (Å²) >= 11 is 0. The van der Waals surface area contributed by atoms with Gasteiger partial charge in [-0.15, -0.1) is 0 Å². The average Bonchev–Trinajstić information content (AvgIpc) is 2.92. The van der Waals surface area contributed by atoms with Crippen LogP contribution in [-0.2, 0) is 14.2 Å². The lowest BCUT2D eigenvalue weighted by atomic mass is 9.78. The molecule has 8 nitrogen and oxygen atoms in total. The van der Waals surface area contributed by atoms with E-state index in [1.807, 2.05) is 0 Å². The second-order valence-electron chi connectivity index (χ2n) is 9.04. The molecule has 0 aliphatic carbocycles. The molecule has 198 valence electrons. The molecular formula is C29H23FNO7P. The van der Waals surface area contributed by atoms with E-state index in [-0.39, 0.29) is 16.8 Å². The van der Waals surface area contributed by atoms with Crippen molar-refractivity contribution in [2.24, 2.45) is 5.92 Å². The number of halogens is 1. The Kier molecular flexibility index (Phi) is 7.06. The Hall–Kier alpha value is -4.30. The van der Waals surface area contributed by atoms with Crippen LogP contribution in [-0.4, -0.2) is 33.2 Å². The van der Waals surface area contributed by atoms with Crippen LogP contribution >= 0.6 is 7.60 Å². The van der Waals surface area contributed by atoms with E-state index in [0.717, 1.165) is 0 Å². The van der Waals surface area contributed by atoms with Crippen LogP contribution in [0.4, 0.5) is 10.1 Å². The molecule has 1 aliphatic rings. The molecule has 0 saturated carbocycles. The second-order valence-corrected chi connectivity index (χ2v) is 10.6. The standard InChI is InChI=1S/C29H23FNO7P/c30-20-9-11-22(12-10-20)38-17-26(33)27-28(31(29(27)34)21-4-2-1-3-5-21)24-15-8-19(16-25(24)32)18-6-13-23(14-7-18)39(35,36)37/h1-16,27-28,32H,17H2,(H2,35,36,37)/t27-,28-/m1/s1. The number of carbonyl (C=O) groups excluding carboxylic acids is 2. The summed E-state index contributed by atoms with van der Waals surface area (Å²) in [5.74, 6) is -2.34. The molecule has 0 unspecified atom stereocenters. The Labute approximate surface area is 223 Å². The zero-order valence-electron chi connectivity index (χ0n) is 20.3. The number of ether oxygens (including phenoxy) is 1. The van der Waals surface area contributed by atoms with Crippen LogP contribution in [0.15, 0.2) is 97.1 Å². The van der Waals surface area contributed by atoms with Crippen molar-refractivity contribution in [2.45, 2.75) is 6.04 Å². The average molecular weight is 547 g/mol. The van der Waals surface area contributed by atoms with Crippen LogP contribution in [0.1, 0.15) is 11.6 Å². The molecule has 0 aromatic heterocycles. The molecule has 4 aromatic carbocycles. The van der Waals surface area contributed by atoms with Crippen LogP contribution in [0.5, 0.6) is 11.5 Å². The first-order valence-electron chi connectivity index (χ1n) is 11.9. The summed E-state index contributed by atoms with van der Waals surface area (Å²) in [4.78, 5) is 46.5. The Morgan fingerprint density at radius 2 is 1.54 bits per heavy atom. The zero-order valence-corrected chi connectivity index (χ0v) is 21.2. The van der Waals surface area contributed by atoms with Gasteiger partial charge in [0.2, 0.25) is 5.91 Å². The van der Waals surface area contributed by atoms with Gasteiger partial charge in [-0.1, -0.05) is 42.5 Å². The zero-order chi connectivity index (χ0) is 27.7. The SMILES string of the molecule is O=C(COc1ccc(F)cc1)[C@H]1C(=O)N(c2ccccc2)[C@@H]1c1ccc(-c2ccc(P(=O)(O)O)cc2)cc1O. The van der Waals surface area contributed by atoms with Crippen molar-refractivity contribution >= 4 is 30.3 Å². The lowest BCUT2D eigenvalue weighted by Gasteiger charge is -2.46. The molecular weight excluding hydrogens is 524 g/mol. The fraction of sp³-hybridized carbons (Fsp3) is 0.103. The molecule has 1 fully saturated rings. The number of β-lactam (4-membered cyclic amide) rings is 1. The molecule has 10 heteroatoms. The van der Waals surface area contributed by atoms with Gasteiger partial charge in [0.25, 0.3) is 0 Å². The van der Waals surface area contributed by atoms with Crippen LogP contribution in [0.25, 0.3) is 11.1 Å². The van der Waals surface area contributed by atoms with Gasteiger partial charge in [-0.25, -0.2) is 4.39 Å². The van der Waals surface area contributed by atoms with E-state index in [9.17, 15) is 33.4 Å². The third kappa shape index (κ3) is 5.33. The minimum absolute atomic E-state index is 0.122. The maximum Gasteiger partial charge on any atom is 0.356 e. The van der Waals surface area contributed by atoms with E-state index in [4.69, 9.17) is 4.74 Å². The molecule has 0 radical (unpaired) electrons. The minimum Gasteiger partial charge on any atom is -0.508 e. The van der Waals surface area contributed by atoms with Gasteiger partial charge in [-0.2, -0.15) is 0 Å². The van der Waals surface area contributed by atoms with E-state index in [1.54, 1.807) is 42.5 Å². The van der Waals surface area contributed by atoms with E-state index >= 15 is 0 Å². The molecule has 4 aromatic rings. The van der Waals surface area contributed by atoms with Gasteiger partial charge in [0, 0.05) is 11.3 Å². The maximum absolute atomic E-state index is 13.2. The highest BCUT2D eigenvalue weighted by molar-refractivity contribution is 7.60. The van der Waals surface area contributed by atoms with Crippen LogP contribution < -0.4 is 14.9 Å². The van der Waals surface area contributed by atoms with Crippen molar-refractivity contribution < 1.29 is 38.2 Å². The number of hydrogen-bond acceptors (Lipinski definition) is 5. The van der Waals surface area contributed by atoms with Gasteiger partial charge >= 0.3 is 7.60 Å². The smallest absolute Gasteiger partial charge is 0.356 e. The molecule has 1 amide bonds. The molecule has 0 spiro atoms. The van der Waals surface area contributed by atoms with E-state index in [1.165, 1.54) is 59.5 Å². The van der Waals surface area contributed by atoms with E-state index in [2.05, 4.69) is 0 Å². The Morgan fingerprint density at radius 3 is 2.15 bits per heavy atom. The number of nitrogens with zero attached hydrogens (tertiary/aromatic N) is 1. The fourth-order valence-corrected chi connectivity index (χ4v) is 5.13. The highest BCUT2D eigenvalue weighted by atomic mass is 31.2. The summed E-state index contributed by atoms with van der Waals surface area (Å²) in [7, 11) is -4.39. The van der Waals surface area contributed by atoms with Crippen molar-refractivity contribution in [3.05, 3.63) is 108 Å². The number of rotatable bonds is 8. The number of anilines is 1. The Morgan fingerprint density at radius 1 is 0.897 bits per heavy atom. The molecule has 3 N–H and O–H groups in total. The summed E-state index contributed by atoms with van der Waals surface area (Å²) in [6, 6.07) is 23.7. The van der Waals surface area contributed by atoms with Crippen LogP contribution in [0, 0.1) is 11.7 Å². The third-order valence-electron chi connectivity index (χ3n) is 6.56. The normalized spacial score (nSPS) is 17.0. The highest BCUT2D eigenvalue weighted by Gasteiger charge is 2.53. The van der Waals surface area contributed by atoms with Crippen molar-refractivity contribution in [1.82, 2.24) is 0 Å². The quantitative estimate of drug-likeness (QED) is 0.170. The number of phenols is 1. The lowest BCUT2D eigenvalue weighted by molar-refractivity contribution is -0.141. The molecule has 39 heavy (non-hydrogen) atoms. The first-order chi connectivity index (χ1) is 18.6. The van der Waals surface area contributed by atoms with Crippen molar-refractivity contribution in [2.75, 3.05) is 11.5 Å². The number of Topliss-reactive ketones (excluding diaryl/α,β-unsaturated/α-hetero) is 1. The van der Waals surface area contributed by atoms with Gasteiger partial charge < -0.3 is 24.5 Å². The number of benzene rings is 4. The highest BCUT2D eigenvalue weighted by Crippen LogP contribution is 2.47. The van der Waals surface area contributed by atoms with Gasteiger partial charge in [0.15, 0.2) is 5.78 Å². The monoisotopic (exact) mass is 547 g/mol. The molecule has 0 bridgehead atoms. The summed E-state index contributed by atoms with van der Waals surface area (Å²) in [6.45, 7) is -0.411. The Balaban J connectivity index is 1.44. The number of para-hydroxylation sites is 1. The summed E-state index contributed by atoms with van der Waals surface area (Å²) in [6.07, 6.45) is 0. The van der Waals surface area contributed by atoms with Crippen LogP contribution in [0.3, 0.4) is 0 Å². The Bertz CT molecular complexity index is 1570. The predicted molar refractivity (Wildman–Crippen MR) is 142 cm³/mol. The maximum atomic E-state index is 13.2. The first kappa shape index (κ1) is 26.3. The lowest BCUT2D eigenvalue weighted by Crippen LogP contribution is -2.59. The van der Waals surface area contributed by atoms with Gasteiger partial charge in [-0.05, 0) is 65.7 Å². The molecule has 5 rings (SSSR count). The third-order valence-corrected chi connectivity index (χ3v) is 7.53. The van der Waals surface area contributed by atoms with Crippen molar-refractivity contribution in [3.63, 3.8) is 0 Å². The summed E-state index contributed by atoms with van der Waals surface area (Å²) in [5.41, 5.74) is 2.11. The van der Waals surface area contributed by atoms with Gasteiger partial charge in [0.05, 0.1) is 11.3 Å². The summed E-state index contributed by atoms with van der Waals surface area (Å²) < 4.78 is 30.1. The predicted octanol–water partition coefficient (Wildman–Crippen LogP) is 4.35. The van der Waals surface area contributed by atoms with Crippen molar-refractivity contribution in [1.29, 1.82) is 0 Å². The molecule has 1 saturated heterocycles. The van der Waals surface area contributed by atoms with E-state index in [0.29, 0.717) is 22.4 Å². The number of phenolic OH excluding ortho intramolecular Hbond substituents is 1.